The van der Waals surface area contributed by atoms with Crippen LogP contribution in [0.1, 0.15) is 35.3 Å². The Hall–Kier alpha value is -3.28. The maximum absolute atomic E-state index is 13.0. The van der Waals surface area contributed by atoms with Crippen LogP contribution in [0.25, 0.3) is 5.57 Å². The molecule has 152 valence electrons. The van der Waals surface area contributed by atoms with Crippen LogP contribution >= 0.6 is 0 Å². The van der Waals surface area contributed by atoms with E-state index < -0.39 is 5.97 Å². The molecular formula is C23H25NO5. The van der Waals surface area contributed by atoms with Gasteiger partial charge in [-0.1, -0.05) is 32.1 Å². The number of amides is 1. The molecule has 0 aromatic heterocycles. The van der Waals surface area contributed by atoms with Crippen molar-refractivity contribution in [1.29, 1.82) is 0 Å². The van der Waals surface area contributed by atoms with Gasteiger partial charge >= 0.3 is 5.97 Å². The van der Waals surface area contributed by atoms with E-state index in [0.29, 0.717) is 41.4 Å². The predicted octanol–water partition coefficient (Wildman–Crippen LogP) is 3.60. The van der Waals surface area contributed by atoms with E-state index in [1.54, 1.807) is 31.4 Å². The van der Waals surface area contributed by atoms with Crippen LogP contribution in [0.2, 0.25) is 0 Å². The lowest BCUT2D eigenvalue weighted by atomic mass is 9.90. The lowest BCUT2D eigenvalue weighted by Crippen LogP contribution is -2.25. The standard InChI is InChI=1S/C23H25NO5/c1-23(2)12-19(18-11-17(27-3)9-10-20(18)29-14-23)21(25)24-13-15-5-7-16(8-6-15)22(26)28-4/h5-12H,13-14H2,1-4H3,(H,24,25). The first-order valence-corrected chi connectivity index (χ1v) is 9.32. The summed E-state index contributed by atoms with van der Waals surface area (Å²) in [5.74, 6) is 0.719. The monoisotopic (exact) mass is 395 g/mol. The first kappa shape index (κ1) is 20.5. The van der Waals surface area contributed by atoms with Gasteiger partial charge in [0.25, 0.3) is 5.91 Å². The summed E-state index contributed by atoms with van der Waals surface area (Å²) in [6.45, 7) is 4.85. The third-order valence-corrected chi connectivity index (χ3v) is 4.68. The van der Waals surface area contributed by atoms with Crippen molar-refractivity contribution >= 4 is 17.4 Å². The third-order valence-electron chi connectivity index (χ3n) is 4.68. The molecule has 6 nitrogen and oxygen atoms in total. The highest BCUT2D eigenvalue weighted by Gasteiger charge is 2.27. The quantitative estimate of drug-likeness (QED) is 0.783. The molecule has 0 saturated heterocycles. The van der Waals surface area contributed by atoms with Gasteiger partial charge in [-0.25, -0.2) is 4.79 Å². The van der Waals surface area contributed by atoms with E-state index in [0.717, 1.165) is 5.56 Å². The zero-order valence-corrected chi connectivity index (χ0v) is 17.1. The average molecular weight is 395 g/mol. The summed E-state index contributed by atoms with van der Waals surface area (Å²) in [5.41, 5.74) is 2.29. The maximum atomic E-state index is 13.0. The van der Waals surface area contributed by atoms with E-state index in [2.05, 4.69) is 5.32 Å². The highest BCUT2D eigenvalue weighted by atomic mass is 16.5. The Balaban J connectivity index is 1.81. The molecule has 0 aliphatic carbocycles. The van der Waals surface area contributed by atoms with E-state index in [9.17, 15) is 9.59 Å². The van der Waals surface area contributed by atoms with Crippen LogP contribution in [0.15, 0.2) is 48.5 Å². The van der Waals surface area contributed by atoms with Crippen molar-refractivity contribution < 1.29 is 23.8 Å². The lowest BCUT2D eigenvalue weighted by molar-refractivity contribution is -0.115. The van der Waals surface area contributed by atoms with Crippen LogP contribution < -0.4 is 14.8 Å². The Kier molecular flexibility index (Phi) is 5.92. The normalized spacial score (nSPS) is 14.6. The second-order valence-electron chi connectivity index (χ2n) is 7.57. The van der Waals surface area contributed by atoms with Crippen LogP contribution in [0, 0.1) is 5.41 Å². The minimum Gasteiger partial charge on any atom is -0.497 e. The summed E-state index contributed by atoms with van der Waals surface area (Å²) in [6.07, 6.45) is 1.94. The summed E-state index contributed by atoms with van der Waals surface area (Å²) in [6, 6.07) is 12.4. The fraction of sp³-hybridized carbons (Fsp3) is 0.304. The molecule has 0 atom stereocenters. The van der Waals surface area contributed by atoms with Gasteiger partial charge in [0.1, 0.15) is 11.5 Å². The van der Waals surface area contributed by atoms with Gasteiger partial charge < -0.3 is 19.5 Å². The van der Waals surface area contributed by atoms with Gasteiger partial charge in [0.05, 0.1) is 26.4 Å². The second kappa shape index (κ2) is 8.39. The van der Waals surface area contributed by atoms with E-state index in [-0.39, 0.29) is 11.3 Å². The van der Waals surface area contributed by atoms with E-state index in [1.807, 2.05) is 38.1 Å². The van der Waals surface area contributed by atoms with Crippen LogP contribution in [0.3, 0.4) is 0 Å². The number of benzene rings is 2. The lowest BCUT2D eigenvalue weighted by Gasteiger charge is -2.18. The van der Waals surface area contributed by atoms with Gasteiger partial charge in [-0.05, 0) is 35.9 Å². The number of nitrogens with one attached hydrogen (secondary N) is 1. The number of carbonyl (C=O) groups excluding carboxylic acids is 2. The largest absolute Gasteiger partial charge is 0.497 e. The maximum Gasteiger partial charge on any atom is 0.337 e. The topological polar surface area (TPSA) is 73.9 Å². The Morgan fingerprint density at radius 1 is 1.10 bits per heavy atom. The molecule has 29 heavy (non-hydrogen) atoms. The molecule has 2 aromatic carbocycles. The number of ether oxygens (including phenoxy) is 3. The molecule has 0 radical (unpaired) electrons. The van der Waals surface area contributed by atoms with Crippen molar-refractivity contribution in [1.82, 2.24) is 5.32 Å². The number of carbonyl (C=O) groups is 2. The molecule has 1 amide bonds. The number of hydrogen-bond acceptors (Lipinski definition) is 5. The van der Waals surface area contributed by atoms with Gasteiger partial charge in [-0.2, -0.15) is 0 Å². The Morgan fingerprint density at radius 2 is 1.83 bits per heavy atom. The van der Waals surface area contributed by atoms with Crippen LogP contribution in [-0.2, 0) is 16.1 Å². The molecule has 0 spiro atoms. The van der Waals surface area contributed by atoms with Gasteiger partial charge in [0.2, 0.25) is 0 Å². The number of rotatable bonds is 5. The Labute approximate surface area is 170 Å². The summed E-state index contributed by atoms with van der Waals surface area (Å²) < 4.78 is 15.9. The summed E-state index contributed by atoms with van der Waals surface area (Å²) in [5, 5.41) is 2.96. The number of hydrogen-bond donors (Lipinski definition) is 1. The summed E-state index contributed by atoms with van der Waals surface area (Å²) in [7, 11) is 2.93. The van der Waals surface area contributed by atoms with E-state index >= 15 is 0 Å². The van der Waals surface area contributed by atoms with Gasteiger partial charge in [-0.15, -0.1) is 0 Å². The zero-order chi connectivity index (χ0) is 21.0. The van der Waals surface area contributed by atoms with Gasteiger partial charge in [0, 0.05) is 23.1 Å². The van der Waals surface area contributed by atoms with Gasteiger partial charge in [0.15, 0.2) is 0 Å². The van der Waals surface area contributed by atoms with Gasteiger partial charge in [-0.3, -0.25) is 4.79 Å². The molecule has 0 unspecified atom stereocenters. The molecule has 0 bridgehead atoms. The first-order chi connectivity index (χ1) is 13.8. The van der Waals surface area contributed by atoms with E-state index in [4.69, 9.17) is 14.2 Å². The van der Waals surface area contributed by atoms with Crippen molar-refractivity contribution in [3.63, 3.8) is 0 Å². The Bertz CT molecular complexity index is 944. The van der Waals surface area contributed by atoms with Crippen molar-refractivity contribution in [3.05, 3.63) is 65.2 Å². The summed E-state index contributed by atoms with van der Waals surface area (Å²) >= 11 is 0. The second-order valence-corrected chi connectivity index (χ2v) is 7.57. The zero-order valence-electron chi connectivity index (χ0n) is 17.1. The van der Waals surface area contributed by atoms with Crippen molar-refractivity contribution in [2.45, 2.75) is 20.4 Å². The number of methoxy groups -OCH3 is 2. The van der Waals surface area contributed by atoms with Crippen molar-refractivity contribution in [2.24, 2.45) is 5.41 Å². The van der Waals surface area contributed by atoms with Crippen LogP contribution in [0.5, 0.6) is 11.5 Å². The molecule has 0 saturated carbocycles. The smallest absolute Gasteiger partial charge is 0.337 e. The minimum atomic E-state index is -0.392. The fourth-order valence-electron chi connectivity index (χ4n) is 3.09. The molecular weight excluding hydrogens is 370 g/mol. The summed E-state index contributed by atoms with van der Waals surface area (Å²) in [4.78, 5) is 24.6. The predicted molar refractivity (Wildman–Crippen MR) is 110 cm³/mol. The SMILES string of the molecule is COC(=O)c1ccc(CNC(=O)C2=CC(C)(C)COc3ccc(OC)cc32)cc1. The number of fused-ring (bicyclic) bond motifs is 1. The van der Waals surface area contributed by atoms with Crippen LogP contribution in [-0.4, -0.2) is 32.7 Å². The molecule has 6 heteroatoms. The first-order valence-electron chi connectivity index (χ1n) is 9.32. The number of esters is 1. The molecule has 1 heterocycles. The molecule has 0 fully saturated rings. The average Bonchev–Trinajstić information content (AvgIpc) is 2.87. The van der Waals surface area contributed by atoms with E-state index in [1.165, 1.54) is 7.11 Å². The molecule has 1 N–H and O–H groups in total. The Morgan fingerprint density at radius 3 is 2.48 bits per heavy atom. The van der Waals surface area contributed by atoms with Crippen molar-refractivity contribution in [3.8, 4) is 11.5 Å². The minimum absolute atomic E-state index is 0.199. The fourth-order valence-corrected chi connectivity index (χ4v) is 3.09. The highest BCUT2D eigenvalue weighted by molar-refractivity contribution is 6.20. The molecule has 1 aliphatic heterocycles. The molecule has 1 aliphatic rings. The van der Waals surface area contributed by atoms with Crippen LogP contribution in [0.4, 0.5) is 0 Å². The van der Waals surface area contributed by atoms with Crippen molar-refractivity contribution in [2.75, 3.05) is 20.8 Å². The highest BCUT2D eigenvalue weighted by Crippen LogP contribution is 2.37. The molecule has 2 aromatic rings. The third kappa shape index (κ3) is 4.77. The molecule has 3 rings (SSSR count).